The molecule has 9 heteroatoms. The maximum absolute atomic E-state index is 12.7. The van der Waals surface area contributed by atoms with E-state index < -0.39 is 0 Å². The Morgan fingerprint density at radius 2 is 2.21 bits per heavy atom. The van der Waals surface area contributed by atoms with Crippen LogP contribution in [0.5, 0.6) is 0 Å². The Balaban J connectivity index is 1.38. The second kappa shape index (κ2) is 7.95. The van der Waals surface area contributed by atoms with Crippen molar-refractivity contribution in [3.63, 3.8) is 0 Å². The molecular formula is C19H26N8O. The van der Waals surface area contributed by atoms with E-state index in [2.05, 4.69) is 24.8 Å². The number of hydrogen-bond acceptors (Lipinski definition) is 5. The Morgan fingerprint density at radius 3 is 2.96 bits per heavy atom. The van der Waals surface area contributed by atoms with Gasteiger partial charge in [0.1, 0.15) is 5.82 Å². The number of carbonyl (C=O) groups is 1. The summed E-state index contributed by atoms with van der Waals surface area (Å²) >= 11 is 0. The molecule has 4 rings (SSSR count). The first kappa shape index (κ1) is 18.4. The van der Waals surface area contributed by atoms with Gasteiger partial charge in [-0.05, 0) is 25.3 Å². The van der Waals surface area contributed by atoms with Gasteiger partial charge in [0.05, 0.1) is 19.1 Å². The van der Waals surface area contributed by atoms with Gasteiger partial charge in [0.2, 0.25) is 5.91 Å². The zero-order valence-electron chi connectivity index (χ0n) is 16.4. The normalized spacial score (nSPS) is 17.2. The van der Waals surface area contributed by atoms with Gasteiger partial charge in [0, 0.05) is 57.6 Å². The predicted octanol–water partition coefficient (Wildman–Crippen LogP) is 1.36. The molecule has 0 bridgehead atoms. The van der Waals surface area contributed by atoms with Crippen LogP contribution in [0, 0.1) is 6.92 Å². The Labute approximate surface area is 164 Å². The molecular weight excluding hydrogens is 356 g/mol. The smallest absolute Gasteiger partial charge is 0.224 e. The molecule has 0 aromatic carbocycles. The second-order valence-corrected chi connectivity index (χ2v) is 7.48. The van der Waals surface area contributed by atoms with E-state index in [9.17, 15) is 4.79 Å². The highest BCUT2D eigenvalue weighted by atomic mass is 16.2. The van der Waals surface area contributed by atoms with Gasteiger partial charge in [-0.25, -0.2) is 4.98 Å². The molecule has 1 aliphatic rings. The Kier molecular flexibility index (Phi) is 5.23. The summed E-state index contributed by atoms with van der Waals surface area (Å²) in [5, 5.41) is 13.1. The lowest BCUT2D eigenvalue weighted by Crippen LogP contribution is -2.40. The van der Waals surface area contributed by atoms with Crippen LogP contribution in [0.25, 0.3) is 0 Å². The van der Waals surface area contributed by atoms with E-state index in [0.29, 0.717) is 26.1 Å². The van der Waals surface area contributed by atoms with Crippen LogP contribution < -0.4 is 0 Å². The highest BCUT2D eigenvalue weighted by Crippen LogP contribution is 2.26. The molecule has 0 radical (unpaired) electrons. The van der Waals surface area contributed by atoms with Gasteiger partial charge in [-0.1, -0.05) is 0 Å². The average Bonchev–Trinajstić information content (AvgIpc) is 3.44. The van der Waals surface area contributed by atoms with Crippen LogP contribution in [-0.2, 0) is 24.9 Å². The lowest BCUT2D eigenvalue weighted by Gasteiger charge is -2.32. The zero-order chi connectivity index (χ0) is 19.5. The molecule has 28 heavy (non-hydrogen) atoms. The Hall–Kier alpha value is -2.97. The number of aromatic nitrogens is 7. The maximum atomic E-state index is 12.7. The summed E-state index contributed by atoms with van der Waals surface area (Å²) in [5.74, 6) is 2.25. The van der Waals surface area contributed by atoms with Gasteiger partial charge < -0.3 is 14.0 Å². The van der Waals surface area contributed by atoms with Crippen molar-refractivity contribution in [1.82, 2.24) is 39.0 Å². The van der Waals surface area contributed by atoms with E-state index in [0.717, 1.165) is 36.6 Å². The third-order valence-electron chi connectivity index (χ3n) is 5.34. The summed E-state index contributed by atoms with van der Waals surface area (Å²) in [6.45, 7) is 4.78. The lowest BCUT2D eigenvalue weighted by atomic mass is 9.97. The number of carbonyl (C=O) groups excluding carboxylic acids is 1. The molecule has 4 heterocycles. The van der Waals surface area contributed by atoms with Crippen molar-refractivity contribution < 1.29 is 4.79 Å². The van der Waals surface area contributed by atoms with Crippen LogP contribution in [0.2, 0.25) is 0 Å². The van der Waals surface area contributed by atoms with E-state index in [1.807, 2.05) is 46.7 Å². The van der Waals surface area contributed by atoms with Crippen LogP contribution in [0.4, 0.5) is 0 Å². The quantitative estimate of drug-likeness (QED) is 0.642. The summed E-state index contributed by atoms with van der Waals surface area (Å²) < 4.78 is 5.87. The van der Waals surface area contributed by atoms with Crippen molar-refractivity contribution in [3.05, 3.63) is 48.3 Å². The summed E-state index contributed by atoms with van der Waals surface area (Å²) in [4.78, 5) is 18.7. The van der Waals surface area contributed by atoms with Crippen molar-refractivity contribution in [2.24, 2.45) is 7.05 Å². The van der Waals surface area contributed by atoms with Crippen LogP contribution >= 0.6 is 0 Å². The third-order valence-corrected chi connectivity index (χ3v) is 5.34. The number of rotatable bonds is 6. The number of amides is 1. The average molecular weight is 382 g/mol. The Bertz CT molecular complexity index is 926. The molecule has 1 atom stereocenters. The summed E-state index contributed by atoms with van der Waals surface area (Å²) in [7, 11) is 2.00. The third kappa shape index (κ3) is 3.97. The van der Waals surface area contributed by atoms with Crippen molar-refractivity contribution >= 4 is 5.91 Å². The molecule has 1 amide bonds. The van der Waals surface area contributed by atoms with Crippen LogP contribution in [0.15, 0.2) is 31.1 Å². The van der Waals surface area contributed by atoms with Gasteiger partial charge in [-0.3, -0.25) is 9.48 Å². The van der Waals surface area contributed by atoms with Crippen molar-refractivity contribution in [2.45, 2.75) is 45.2 Å². The van der Waals surface area contributed by atoms with Crippen molar-refractivity contribution in [2.75, 3.05) is 13.1 Å². The first-order valence-electron chi connectivity index (χ1n) is 9.71. The molecule has 3 aromatic heterocycles. The molecule has 0 saturated carbocycles. The number of piperidine rings is 1. The molecule has 9 nitrogen and oxygen atoms in total. The number of nitrogens with zero attached hydrogens (tertiary/aromatic N) is 8. The van der Waals surface area contributed by atoms with Gasteiger partial charge in [0.25, 0.3) is 0 Å². The minimum Gasteiger partial charge on any atom is -0.342 e. The number of likely N-dealkylation sites (tertiary alicyclic amines) is 1. The molecule has 1 saturated heterocycles. The van der Waals surface area contributed by atoms with Crippen LogP contribution in [-0.4, -0.2) is 58.0 Å². The van der Waals surface area contributed by atoms with Crippen LogP contribution in [0.3, 0.4) is 0 Å². The van der Waals surface area contributed by atoms with E-state index in [4.69, 9.17) is 0 Å². The van der Waals surface area contributed by atoms with E-state index >= 15 is 0 Å². The summed E-state index contributed by atoms with van der Waals surface area (Å²) in [6, 6.07) is 0. The summed E-state index contributed by atoms with van der Waals surface area (Å²) in [5.41, 5.74) is 1.11. The summed E-state index contributed by atoms with van der Waals surface area (Å²) in [6.07, 6.45) is 11.7. The standard InChI is InChI=1S/C19H26N8O/c1-15-10-21-27(11-15)8-5-18(28)26-7-3-4-16(12-26)19-23-22-17(24(19)2)13-25-9-6-20-14-25/h6,9-11,14,16H,3-5,7-8,12-13H2,1-2H3/t16-/m0/s1. The predicted molar refractivity (Wildman–Crippen MR) is 102 cm³/mol. The molecule has 0 aliphatic carbocycles. The zero-order valence-corrected chi connectivity index (χ0v) is 16.4. The largest absolute Gasteiger partial charge is 0.342 e. The minimum atomic E-state index is 0.179. The second-order valence-electron chi connectivity index (χ2n) is 7.48. The molecule has 0 spiro atoms. The fourth-order valence-electron chi connectivity index (χ4n) is 3.78. The van der Waals surface area contributed by atoms with Crippen molar-refractivity contribution in [1.29, 1.82) is 0 Å². The first-order chi connectivity index (χ1) is 13.6. The minimum absolute atomic E-state index is 0.179. The van der Waals surface area contributed by atoms with E-state index in [1.165, 1.54) is 0 Å². The van der Waals surface area contributed by atoms with E-state index in [1.54, 1.807) is 12.5 Å². The highest BCUT2D eigenvalue weighted by molar-refractivity contribution is 5.76. The molecule has 1 fully saturated rings. The number of hydrogen-bond donors (Lipinski definition) is 0. The fraction of sp³-hybridized carbons (Fsp3) is 0.526. The van der Waals surface area contributed by atoms with Gasteiger partial charge in [0.15, 0.2) is 5.82 Å². The molecule has 0 N–H and O–H groups in total. The molecule has 148 valence electrons. The lowest BCUT2D eigenvalue weighted by molar-refractivity contribution is -0.132. The van der Waals surface area contributed by atoms with Crippen molar-refractivity contribution in [3.8, 4) is 0 Å². The van der Waals surface area contributed by atoms with Gasteiger partial charge >= 0.3 is 0 Å². The first-order valence-corrected chi connectivity index (χ1v) is 9.71. The number of aryl methyl sites for hydroxylation is 2. The Morgan fingerprint density at radius 1 is 1.32 bits per heavy atom. The van der Waals surface area contributed by atoms with Gasteiger partial charge in [-0.15, -0.1) is 10.2 Å². The number of imidazole rings is 1. The molecule has 1 aliphatic heterocycles. The topological polar surface area (TPSA) is 86.7 Å². The molecule has 0 unspecified atom stereocenters. The maximum Gasteiger partial charge on any atom is 0.224 e. The van der Waals surface area contributed by atoms with Crippen LogP contribution in [0.1, 0.15) is 42.4 Å². The SMILES string of the molecule is Cc1cnn(CCC(=O)N2CCC[C@H](c3nnc(Cn4ccnc4)n3C)C2)c1. The van der Waals surface area contributed by atoms with E-state index in [-0.39, 0.29) is 11.8 Å². The molecule has 3 aromatic rings. The monoisotopic (exact) mass is 382 g/mol. The fourth-order valence-corrected chi connectivity index (χ4v) is 3.78. The highest BCUT2D eigenvalue weighted by Gasteiger charge is 2.28. The van der Waals surface area contributed by atoms with Gasteiger partial charge in [-0.2, -0.15) is 5.10 Å².